The molecule has 0 radical (unpaired) electrons. The molecule has 7 nitrogen and oxygen atoms in total. The van der Waals surface area contributed by atoms with Gasteiger partial charge in [0.05, 0.1) is 17.4 Å². The van der Waals surface area contributed by atoms with E-state index >= 15 is 0 Å². The van der Waals surface area contributed by atoms with Gasteiger partial charge in [-0.25, -0.2) is 4.39 Å². The molecule has 0 saturated carbocycles. The number of rotatable bonds is 6. The molecule has 2 rings (SSSR count). The number of aromatic nitrogens is 3. The number of benzene rings is 1. The first-order valence-corrected chi connectivity index (χ1v) is 7.74. The predicted octanol–water partition coefficient (Wildman–Crippen LogP) is 1.02. The lowest BCUT2D eigenvalue weighted by atomic mass is 10.2. The van der Waals surface area contributed by atoms with Crippen molar-refractivity contribution in [3.05, 3.63) is 41.5 Å². The zero-order chi connectivity index (χ0) is 17.0. The fraction of sp³-hybridized carbons (Fsp3) is 0.286. The number of thioether (sulfide) groups is 1. The van der Waals surface area contributed by atoms with Gasteiger partial charge in [-0.3, -0.25) is 9.59 Å². The van der Waals surface area contributed by atoms with Crippen LogP contribution in [0.3, 0.4) is 0 Å². The average molecular weight is 337 g/mol. The Morgan fingerprint density at radius 3 is 2.74 bits per heavy atom. The van der Waals surface area contributed by atoms with Crippen molar-refractivity contribution in [3.63, 3.8) is 0 Å². The van der Waals surface area contributed by atoms with Crippen LogP contribution in [0, 0.1) is 5.82 Å². The third kappa shape index (κ3) is 4.07. The molecule has 2 aromatic rings. The van der Waals surface area contributed by atoms with Crippen LogP contribution in [0.1, 0.15) is 29.1 Å². The zero-order valence-corrected chi connectivity index (χ0v) is 13.4. The van der Waals surface area contributed by atoms with Crippen molar-refractivity contribution in [3.8, 4) is 0 Å². The third-order valence-electron chi connectivity index (χ3n) is 3.07. The van der Waals surface area contributed by atoms with Gasteiger partial charge >= 0.3 is 0 Å². The minimum Gasteiger partial charge on any atom is -0.369 e. The Morgan fingerprint density at radius 2 is 2.09 bits per heavy atom. The van der Waals surface area contributed by atoms with E-state index in [0.717, 1.165) is 11.8 Å². The molecule has 0 bridgehead atoms. The first-order chi connectivity index (χ1) is 10.9. The van der Waals surface area contributed by atoms with Crippen LogP contribution >= 0.6 is 11.8 Å². The average Bonchev–Trinajstić information content (AvgIpc) is 2.86. The smallest absolute Gasteiger partial charge is 0.254 e. The summed E-state index contributed by atoms with van der Waals surface area (Å²) in [4.78, 5) is 22.9. The molecule has 0 saturated heterocycles. The molecule has 0 aliphatic rings. The van der Waals surface area contributed by atoms with Gasteiger partial charge in [-0.1, -0.05) is 23.9 Å². The number of primary amides is 1. The van der Waals surface area contributed by atoms with Crippen molar-refractivity contribution in [2.45, 2.75) is 18.1 Å². The van der Waals surface area contributed by atoms with Gasteiger partial charge in [0.2, 0.25) is 5.91 Å². The zero-order valence-electron chi connectivity index (χ0n) is 12.6. The van der Waals surface area contributed by atoms with Crippen molar-refractivity contribution in [2.24, 2.45) is 12.8 Å². The van der Waals surface area contributed by atoms with Gasteiger partial charge in [-0.15, -0.1) is 10.2 Å². The second-order valence-corrected chi connectivity index (χ2v) is 5.77. The Bertz CT molecular complexity index is 734. The quantitative estimate of drug-likeness (QED) is 0.766. The summed E-state index contributed by atoms with van der Waals surface area (Å²) in [5.74, 6) is -1.01. The van der Waals surface area contributed by atoms with Gasteiger partial charge in [0.1, 0.15) is 5.82 Å². The van der Waals surface area contributed by atoms with Crippen molar-refractivity contribution in [1.29, 1.82) is 0 Å². The van der Waals surface area contributed by atoms with Crippen LogP contribution in [0.2, 0.25) is 0 Å². The molecule has 122 valence electrons. The Morgan fingerprint density at radius 1 is 1.39 bits per heavy atom. The third-order valence-corrected chi connectivity index (χ3v) is 4.11. The van der Waals surface area contributed by atoms with E-state index in [2.05, 4.69) is 15.5 Å². The monoisotopic (exact) mass is 337 g/mol. The highest BCUT2D eigenvalue weighted by atomic mass is 32.2. The highest BCUT2D eigenvalue weighted by Gasteiger charge is 2.20. The molecule has 1 atom stereocenters. The normalized spacial score (nSPS) is 12.0. The van der Waals surface area contributed by atoms with Crippen LogP contribution in [0.4, 0.5) is 4.39 Å². The van der Waals surface area contributed by atoms with Crippen LogP contribution in [-0.4, -0.2) is 32.3 Å². The number of nitrogens with zero attached hydrogens (tertiary/aromatic N) is 3. The molecule has 23 heavy (non-hydrogen) atoms. The van der Waals surface area contributed by atoms with Crippen molar-refractivity contribution >= 4 is 23.6 Å². The molecule has 0 aliphatic carbocycles. The van der Waals surface area contributed by atoms with Gasteiger partial charge in [0.25, 0.3) is 5.91 Å². The maximum atomic E-state index is 13.6. The molecular weight excluding hydrogens is 321 g/mol. The summed E-state index contributed by atoms with van der Waals surface area (Å²) >= 11 is 1.15. The SMILES string of the molecule is CC(NC(=O)c1ccccc1F)c1nnc(SCC(N)=O)n1C. The van der Waals surface area contributed by atoms with Gasteiger partial charge in [0.15, 0.2) is 11.0 Å². The maximum absolute atomic E-state index is 13.6. The number of hydrogen-bond acceptors (Lipinski definition) is 5. The summed E-state index contributed by atoms with van der Waals surface area (Å²) in [5.41, 5.74) is 5.05. The van der Waals surface area contributed by atoms with Crippen molar-refractivity contribution in [2.75, 3.05) is 5.75 Å². The number of halogens is 1. The highest BCUT2D eigenvalue weighted by molar-refractivity contribution is 7.99. The fourth-order valence-electron chi connectivity index (χ4n) is 1.95. The Balaban J connectivity index is 2.09. The lowest BCUT2D eigenvalue weighted by molar-refractivity contribution is -0.115. The largest absolute Gasteiger partial charge is 0.369 e. The van der Waals surface area contributed by atoms with E-state index in [1.165, 1.54) is 18.2 Å². The molecule has 0 aliphatic heterocycles. The van der Waals surface area contributed by atoms with Crippen LogP contribution in [0.25, 0.3) is 0 Å². The van der Waals surface area contributed by atoms with E-state index in [0.29, 0.717) is 11.0 Å². The minimum absolute atomic E-state index is 0.0372. The van der Waals surface area contributed by atoms with Gasteiger partial charge in [-0.2, -0.15) is 0 Å². The summed E-state index contributed by atoms with van der Waals surface area (Å²) in [5, 5.41) is 11.1. The summed E-state index contributed by atoms with van der Waals surface area (Å²) in [6.45, 7) is 1.71. The lowest BCUT2D eigenvalue weighted by Crippen LogP contribution is -2.29. The second kappa shape index (κ2) is 7.23. The Hall–Kier alpha value is -2.42. The molecule has 1 aromatic heterocycles. The minimum atomic E-state index is -0.590. The molecule has 0 fully saturated rings. The highest BCUT2D eigenvalue weighted by Crippen LogP contribution is 2.19. The Labute approximate surface area is 136 Å². The molecule has 1 heterocycles. The van der Waals surface area contributed by atoms with Gasteiger partial charge in [-0.05, 0) is 19.1 Å². The van der Waals surface area contributed by atoms with Gasteiger partial charge < -0.3 is 15.6 Å². The molecular formula is C14H16FN5O2S. The van der Waals surface area contributed by atoms with Crippen LogP contribution in [0.5, 0.6) is 0 Å². The number of hydrogen-bond donors (Lipinski definition) is 2. The van der Waals surface area contributed by atoms with Crippen LogP contribution in [-0.2, 0) is 11.8 Å². The molecule has 3 N–H and O–H groups in total. The van der Waals surface area contributed by atoms with Crippen molar-refractivity contribution < 1.29 is 14.0 Å². The second-order valence-electron chi connectivity index (χ2n) is 4.83. The van der Waals surface area contributed by atoms with Crippen LogP contribution in [0.15, 0.2) is 29.4 Å². The number of carbonyl (C=O) groups is 2. The molecule has 1 unspecified atom stereocenters. The molecule has 2 amide bonds. The summed E-state index contributed by atoms with van der Waals surface area (Å²) < 4.78 is 15.3. The van der Waals surface area contributed by atoms with E-state index < -0.39 is 23.7 Å². The first-order valence-electron chi connectivity index (χ1n) is 6.76. The topological polar surface area (TPSA) is 103 Å². The summed E-state index contributed by atoms with van der Waals surface area (Å²) in [6, 6.07) is 5.25. The number of amides is 2. The van der Waals surface area contributed by atoms with Gasteiger partial charge in [0, 0.05) is 7.05 Å². The fourth-order valence-corrected chi connectivity index (χ4v) is 2.61. The molecule has 0 spiro atoms. The Kier molecular flexibility index (Phi) is 5.32. The van der Waals surface area contributed by atoms with Crippen molar-refractivity contribution in [1.82, 2.24) is 20.1 Å². The maximum Gasteiger partial charge on any atom is 0.254 e. The van der Waals surface area contributed by atoms with E-state index in [9.17, 15) is 14.0 Å². The number of nitrogens with one attached hydrogen (secondary N) is 1. The number of carbonyl (C=O) groups excluding carboxylic acids is 2. The molecule has 1 aromatic carbocycles. The van der Waals surface area contributed by atoms with Crippen LogP contribution < -0.4 is 11.1 Å². The standard InChI is InChI=1S/C14H16FN5O2S/c1-8(17-13(22)9-5-3-4-6-10(9)15)12-18-19-14(20(12)2)23-7-11(16)21/h3-6,8H,7H2,1-2H3,(H2,16,21)(H,17,22). The lowest BCUT2D eigenvalue weighted by Gasteiger charge is -2.13. The first kappa shape index (κ1) is 16.9. The van der Waals surface area contributed by atoms with E-state index in [1.54, 1.807) is 24.6 Å². The summed E-state index contributed by atoms with van der Waals surface area (Å²) in [6.07, 6.45) is 0. The molecule has 9 heteroatoms. The summed E-state index contributed by atoms with van der Waals surface area (Å²) in [7, 11) is 1.71. The predicted molar refractivity (Wildman–Crippen MR) is 83.2 cm³/mol. The number of nitrogens with two attached hydrogens (primary N) is 1. The van der Waals surface area contributed by atoms with E-state index in [1.807, 2.05) is 0 Å². The van der Waals surface area contributed by atoms with E-state index in [-0.39, 0.29) is 11.3 Å². The van der Waals surface area contributed by atoms with E-state index in [4.69, 9.17) is 5.73 Å².